The highest BCUT2D eigenvalue weighted by Gasteiger charge is 2.57. The Morgan fingerprint density at radius 3 is 2.62 bits per heavy atom. The van der Waals surface area contributed by atoms with Crippen LogP contribution in [-0.2, 0) is 5.41 Å². The fourth-order valence-electron chi connectivity index (χ4n) is 6.30. The predicted molar refractivity (Wildman–Crippen MR) is 85.0 cm³/mol. The molecular weight excluding hydrogens is 258 g/mol. The lowest BCUT2D eigenvalue weighted by Gasteiger charge is -2.60. The van der Waals surface area contributed by atoms with Crippen LogP contribution in [0.1, 0.15) is 51.3 Å². The SMILES string of the molecule is CC12CC3CC(C1)CC(c1nc4c(N)cccc4[nH]1)(C3)C2. The van der Waals surface area contributed by atoms with Gasteiger partial charge in [-0.05, 0) is 67.9 Å². The van der Waals surface area contributed by atoms with Crippen LogP contribution in [0.2, 0.25) is 0 Å². The summed E-state index contributed by atoms with van der Waals surface area (Å²) in [5.74, 6) is 3.05. The van der Waals surface area contributed by atoms with E-state index in [1.807, 2.05) is 12.1 Å². The van der Waals surface area contributed by atoms with Gasteiger partial charge in [0.25, 0.3) is 0 Å². The van der Waals surface area contributed by atoms with Gasteiger partial charge >= 0.3 is 0 Å². The van der Waals surface area contributed by atoms with Crippen molar-refractivity contribution in [3.8, 4) is 0 Å². The van der Waals surface area contributed by atoms with Gasteiger partial charge < -0.3 is 10.7 Å². The molecule has 3 nitrogen and oxygen atoms in total. The molecule has 4 fully saturated rings. The van der Waals surface area contributed by atoms with Gasteiger partial charge in [0.05, 0.1) is 11.2 Å². The summed E-state index contributed by atoms with van der Waals surface area (Å²) in [5.41, 5.74) is 9.82. The first kappa shape index (κ1) is 12.1. The van der Waals surface area contributed by atoms with E-state index in [9.17, 15) is 0 Å². The molecule has 3 heteroatoms. The van der Waals surface area contributed by atoms with Crippen molar-refractivity contribution in [3.05, 3.63) is 24.0 Å². The van der Waals surface area contributed by atoms with Gasteiger partial charge in [-0.1, -0.05) is 13.0 Å². The van der Waals surface area contributed by atoms with Gasteiger partial charge in [-0.2, -0.15) is 0 Å². The monoisotopic (exact) mass is 281 g/mol. The Balaban J connectivity index is 1.66. The zero-order valence-corrected chi connectivity index (χ0v) is 12.7. The van der Waals surface area contributed by atoms with E-state index >= 15 is 0 Å². The minimum absolute atomic E-state index is 0.296. The van der Waals surface area contributed by atoms with E-state index in [4.69, 9.17) is 10.7 Å². The maximum absolute atomic E-state index is 6.10. The van der Waals surface area contributed by atoms with Crippen molar-refractivity contribution in [2.45, 2.75) is 50.9 Å². The van der Waals surface area contributed by atoms with Gasteiger partial charge in [-0.25, -0.2) is 4.98 Å². The van der Waals surface area contributed by atoms with Crippen LogP contribution in [-0.4, -0.2) is 9.97 Å². The molecule has 6 rings (SSSR count). The molecule has 4 aliphatic carbocycles. The third-order valence-corrected chi connectivity index (χ3v) is 6.40. The fraction of sp³-hybridized carbons (Fsp3) is 0.611. The zero-order valence-electron chi connectivity index (χ0n) is 12.7. The second-order valence-electron chi connectivity index (χ2n) is 8.38. The second kappa shape index (κ2) is 3.63. The van der Waals surface area contributed by atoms with Crippen molar-refractivity contribution in [2.75, 3.05) is 5.73 Å². The largest absolute Gasteiger partial charge is 0.397 e. The highest BCUT2D eigenvalue weighted by Crippen LogP contribution is 2.65. The smallest absolute Gasteiger partial charge is 0.113 e. The number of benzene rings is 1. The van der Waals surface area contributed by atoms with Crippen molar-refractivity contribution >= 4 is 16.7 Å². The van der Waals surface area contributed by atoms with E-state index in [1.54, 1.807) is 0 Å². The number of anilines is 1. The zero-order chi connectivity index (χ0) is 14.2. The lowest BCUT2D eigenvalue weighted by Crippen LogP contribution is -2.53. The molecule has 0 saturated heterocycles. The minimum atomic E-state index is 0.296. The van der Waals surface area contributed by atoms with Gasteiger partial charge in [-0.15, -0.1) is 0 Å². The fourth-order valence-corrected chi connectivity index (χ4v) is 6.30. The average Bonchev–Trinajstić information content (AvgIpc) is 2.82. The van der Waals surface area contributed by atoms with Crippen LogP contribution < -0.4 is 5.73 Å². The number of nitrogen functional groups attached to an aromatic ring is 1. The van der Waals surface area contributed by atoms with Crippen molar-refractivity contribution in [3.63, 3.8) is 0 Å². The Kier molecular flexibility index (Phi) is 2.09. The number of para-hydroxylation sites is 1. The Bertz CT molecular complexity index is 715. The number of imidazole rings is 1. The summed E-state index contributed by atoms with van der Waals surface area (Å²) >= 11 is 0. The van der Waals surface area contributed by atoms with Gasteiger partial charge in [-0.3, -0.25) is 0 Å². The molecule has 0 radical (unpaired) electrons. The number of rotatable bonds is 1. The van der Waals surface area contributed by atoms with Crippen LogP contribution >= 0.6 is 0 Å². The molecule has 21 heavy (non-hydrogen) atoms. The number of hydrogen-bond donors (Lipinski definition) is 2. The minimum Gasteiger partial charge on any atom is -0.397 e. The number of aromatic nitrogens is 2. The number of H-pyrrole nitrogens is 1. The van der Waals surface area contributed by atoms with E-state index in [0.717, 1.165) is 28.6 Å². The van der Waals surface area contributed by atoms with E-state index < -0.39 is 0 Å². The summed E-state index contributed by atoms with van der Waals surface area (Å²) in [4.78, 5) is 8.57. The van der Waals surface area contributed by atoms with Gasteiger partial charge in [0.2, 0.25) is 0 Å². The number of nitrogens with one attached hydrogen (secondary N) is 1. The molecule has 4 aliphatic rings. The summed E-state index contributed by atoms with van der Waals surface area (Å²) in [5, 5.41) is 0. The van der Waals surface area contributed by atoms with Crippen LogP contribution in [0.3, 0.4) is 0 Å². The molecule has 0 aliphatic heterocycles. The molecule has 0 spiro atoms. The second-order valence-corrected chi connectivity index (χ2v) is 8.38. The van der Waals surface area contributed by atoms with Crippen LogP contribution in [0.5, 0.6) is 0 Å². The number of hydrogen-bond acceptors (Lipinski definition) is 2. The number of aromatic amines is 1. The molecule has 2 aromatic rings. The molecule has 3 N–H and O–H groups in total. The van der Waals surface area contributed by atoms with Crippen molar-refractivity contribution in [2.24, 2.45) is 17.3 Å². The third kappa shape index (κ3) is 1.58. The maximum Gasteiger partial charge on any atom is 0.113 e. The average molecular weight is 281 g/mol. The van der Waals surface area contributed by atoms with Crippen molar-refractivity contribution in [1.29, 1.82) is 0 Å². The highest BCUT2D eigenvalue weighted by molar-refractivity contribution is 5.87. The molecular formula is C18H23N3. The molecule has 1 heterocycles. The summed E-state index contributed by atoms with van der Waals surface area (Å²) in [6, 6.07) is 6.07. The summed E-state index contributed by atoms with van der Waals surface area (Å²) in [7, 11) is 0. The quantitative estimate of drug-likeness (QED) is 0.776. The summed E-state index contributed by atoms with van der Waals surface area (Å²) in [6.45, 7) is 2.51. The molecule has 110 valence electrons. The first-order valence-electron chi connectivity index (χ1n) is 8.30. The summed E-state index contributed by atoms with van der Waals surface area (Å²) in [6.07, 6.45) is 8.31. The van der Waals surface area contributed by atoms with Crippen LogP contribution in [0.25, 0.3) is 11.0 Å². The third-order valence-electron chi connectivity index (χ3n) is 6.40. The van der Waals surface area contributed by atoms with Gasteiger partial charge in [0.1, 0.15) is 11.3 Å². The number of nitrogens with two attached hydrogens (primary N) is 1. The Labute approximate surface area is 125 Å². The first-order valence-corrected chi connectivity index (χ1v) is 8.30. The highest BCUT2D eigenvalue weighted by atomic mass is 15.0. The topological polar surface area (TPSA) is 54.7 Å². The predicted octanol–water partition coefficient (Wildman–Crippen LogP) is 4.00. The number of nitrogens with zero attached hydrogens (tertiary/aromatic N) is 1. The maximum atomic E-state index is 6.10. The first-order chi connectivity index (χ1) is 10.1. The Hall–Kier alpha value is -1.51. The van der Waals surface area contributed by atoms with Crippen LogP contribution in [0.15, 0.2) is 18.2 Å². The van der Waals surface area contributed by atoms with Gasteiger partial charge in [0.15, 0.2) is 0 Å². The molecule has 1 aromatic heterocycles. The molecule has 2 unspecified atom stereocenters. The molecule has 0 amide bonds. The van der Waals surface area contributed by atoms with E-state index in [2.05, 4.69) is 18.0 Å². The van der Waals surface area contributed by atoms with E-state index in [1.165, 1.54) is 44.3 Å². The van der Waals surface area contributed by atoms with Crippen LogP contribution in [0.4, 0.5) is 5.69 Å². The van der Waals surface area contributed by atoms with E-state index in [0.29, 0.717) is 10.8 Å². The lowest BCUT2D eigenvalue weighted by molar-refractivity contribution is -0.0644. The van der Waals surface area contributed by atoms with E-state index in [-0.39, 0.29) is 0 Å². The molecule has 1 aromatic carbocycles. The molecule has 4 saturated carbocycles. The Morgan fingerprint density at radius 1 is 1.19 bits per heavy atom. The standard InChI is InChI=1S/C18H23N3/c1-17-6-11-5-12(7-17)9-18(8-11,10-17)16-20-14-4-2-3-13(19)15(14)21-16/h2-4,11-12H,5-10,19H2,1H3,(H,20,21). The summed E-state index contributed by atoms with van der Waals surface area (Å²) < 4.78 is 0. The Morgan fingerprint density at radius 2 is 1.95 bits per heavy atom. The molecule has 2 atom stereocenters. The molecule has 4 bridgehead atoms. The number of fused-ring (bicyclic) bond motifs is 1. The van der Waals surface area contributed by atoms with Crippen molar-refractivity contribution in [1.82, 2.24) is 9.97 Å². The van der Waals surface area contributed by atoms with Crippen molar-refractivity contribution < 1.29 is 0 Å². The van der Waals surface area contributed by atoms with Gasteiger partial charge in [0, 0.05) is 5.41 Å². The lowest BCUT2D eigenvalue weighted by atomic mass is 9.44. The normalized spacial score (nSPS) is 41.0. The van der Waals surface area contributed by atoms with Crippen LogP contribution in [0, 0.1) is 17.3 Å².